The second kappa shape index (κ2) is 6.76. The predicted octanol–water partition coefficient (Wildman–Crippen LogP) is 2.91. The summed E-state index contributed by atoms with van der Waals surface area (Å²) in [6, 6.07) is 6.28. The quantitative estimate of drug-likeness (QED) is 0.808. The summed E-state index contributed by atoms with van der Waals surface area (Å²) in [5, 5.41) is 3.16. The fraction of sp³-hybridized carbons (Fsp3) is 0.600. The predicted molar refractivity (Wildman–Crippen MR) is 75.1 cm³/mol. The lowest BCUT2D eigenvalue weighted by Crippen LogP contribution is -2.25. The molecule has 0 fully saturated rings. The van der Waals surface area contributed by atoms with Crippen molar-refractivity contribution in [2.45, 2.75) is 39.3 Å². The molecule has 0 atom stereocenters. The van der Waals surface area contributed by atoms with Crippen LogP contribution in [0.15, 0.2) is 18.2 Å². The summed E-state index contributed by atoms with van der Waals surface area (Å²) >= 11 is 0. The smallest absolute Gasteiger partial charge is 0.123 e. The van der Waals surface area contributed by atoms with Crippen LogP contribution in [0.4, 0.5) is 0 Å². The van der Waals surface area contributed by atoms with Gasteiger partial charge in [-0.15, -0.1) is 0 Å². The van der Waals surface area contributed by atoms with Gasteiger partial charge in [0, 0.05) is 25.6 Å². The van der Waals surface area contributed by atoms with Gasteiger partial charge in [0.2, 0.25) is 0 Å². The first kappa shape index (κ1) is 15.0. The lowest BCUT2D eigenvalue weighted by molar-refractivity contribution is 0.00537. The Kier molecular flexibility index (Phi) is 5.63. The lowest BCUT2D eigenvalue weighted by Gasteiger charge is -2.23. The summed E-state index contributed by atoms with van der Waals surface area (Å²) in [6.45, 7) is 7.72. The van der Waals surface area contributed by atoms with Crippen LogP contribution in [-0.4, -0.2) is 26.4 Å². The number of aryl methyl sites for hydroxylation is 1. The Balaban J connectivity index is 2.61. The van der Waals surface area contributed by atoms with E-state index in [1.165, 1.54) is 11.1 Å². The monoisotopic (exact) mass is 251 g/mol. The van der Waals surface area contributed by atoms with E-state index >= 15 is 0 Å². The molecule has 0 aliphatic rings. The minimum absolute atomic E-state index is 0.131. The van der Waals surface area contributed by atoms with Crippen molar-refractivity contribution >= 4 is 0 Å². The molecular weight excluding hydrogens is 226 g/mol. The van der Waals surface area contributed by atoms with Gasteiger partial charge in [-0.1, -0.05) is 17.7 Å². The molecule has 102 valence electrons. The highest BCUT2D eigenvalue weighted by Crippen LogP contribution is 2.21. The third kappa shape index (κ3) is 4.67. The van der Waals surface area contributed by atoms with Crippen molar-refractivity contribution in [3.8, 4) is 5.75 Å². The molecule has 0 amide bonds. The molecule has 1 aromatic carbocycles. The van der Waals surface area contributed by atoms with Gasteiger partial charge in [-0.25, -0.2) is 0 Å². The van der Waals surface area contributed by atoms with Gasteiger partial charge in [0.25, 0.3) is 0 Å². The van der Waals surface area contributed by atoms with E-state index < -0.39 is 0 Å². The summed E-state index contributed by atoms with van der Waals surface area (Å²) in [7, 11) is 3.68. The van der Waals surface area contributed by atoms with Gasteiger partial charge in [-0.05, 0) is 33.9 Å². The van der Waals surface area contributed by atoms with E-state index in [2.05, 4.69) is 38.2 Å². The van der Waals surface area contributed by atoms with Gasteiger partial charge in [0.1, 0.15) is 5.75 Å². The van der Waals surface area contributed by atoms with Gasteiger partial charge in [-0.2, -0.15) is 0 Å². The van der Waals surface area contributed by atoms with Crippen molar-refractivity contribution in [1.82, 2.24) is 5.32 Å². The van der Waals surface area contributed by atoms with Crippen molar-refractivity contribution in [3.05, 3.63) is 29.3 Å². The summed E-state index contributed by atoms with van der Waals surface area (Å²) in [5.41, 5.74) is 2.32. The first-order chi connectivity index (χ1) is 8.48. The van der Waals surface area contributed by atoms with Crippen LogP contribution in [0, 0.1) is 6.92 Å². The van der Waals surface area contributed by atoms with Crippen LogP contribution in [0.2, 0.25) is 0 Å². The largest absolute Gasteiger partial charge is 0.493 e. The van der Waals surface area contributed by atoms with E-state index in [0.717, 1.165) is 18.7 Å². The molecule has 3 nitrogen and oxygen atoms in total. The molecule has 3 heteroatoms. The van der Waals surface area contributed by atoms with Crippen LogP contribution < -0.4 is 10.1 Å². The summed E-state index contributed by atoms with van der Waals surface area (Å²) in [4.78, 5) is 0. The van der Waals surface area contributed by atoms with E-state index in [0.29, 0.717) is 6.61 Å². The van der Waals surface area contributed by atoms with Crippen LogP contribution in [0.1, 0.15) is 31.4 Å². The van der Waals surface area contributed by atoms with Crippen molar-refractivity contribution in [2.75, 3.05) is 20.8 Å². The normalized spacial score (nSPS) is 11.6. The fourth-order valence-electron chi connectivity index (χ4n) is 1.69. The molecule has 1 N–H and O–H groups in total. The maximum atomic E-state index is 5.86. The zero-order valence-corrected chi connectivity index (χ0v) is 12.2. The van der Waals surface area contributed by atoms with Crippen LogP contribution in [0.25, 0.3) is 0 Å². The second-order valence-corrected chi connectivity index (χ2v) is 5.20. The molecule has 1 rings (SSSR count). The van der Waals surface area contributed by atoms with E-state index in [1.807, 2.05) is 13.1 Å². The summed E-state index contributed by atoms with van der Waals surface area (Å²) < 4.78 is 11.2. The zero-order chi connectivity index (χ0) is 13.6. The summed E-state index contributed by atoms with van der Waals surface area (Å²) in [5.74, 6) is 0.960. The standard InChI is InChI=1S/C15H25NO2/c1-12-6-7-14(13(10-12)11-16-4)18-9-8-15(2,3)17-5/h6-7,10,16H,8-9,11H2,1-5H3. The second-order valence-electron chi connectivity index (χ2n) is 5.20. The molecule has 18 heavy (non-hydrogen) atoms. The zero-order valence-electron chi connectivity index (χ0n) is 12.2. The lowest BCUT2D eigenvalue weighted by atomic mass is 10.1. The Morgan fingerprint density at radius 1 is 1.28 bits per heavy atom. The summed E-state index contributed by atoms with van der Waals surface area (Å²) in [6.07, 6.45) is 0.871. The van der Waals surface area contributed by atoms with Gasteiger partial charge >= 0.3 is 0 Å². The van der Waals surface area contributed by atoms with Crippen molar-refractivity contribution < 1.29 is 9.47 Å². The maximum absolute atomic E-state index is 5.86. The Morgan fingerprint density at radius 3 is 2.61 bits per heavy atom. The van der Waals surface area contributed by atoms with Crippen LogP contribution in [0.3, 0.4) is 0 Å². The SMILES string of the molecule is CNCc1cc(C)ccc1OCCC(C)(C)OC. The Bertz CT molecular complexity index is 375. The molecule has 0 aliphatic carbocycles. The van der Waals surface area contributed by atoms with Gasteiger partial charge < -0.3 is 14.8 Å². The molecule has 0 aromatic heterocycles. The van der Waals surface area contributed by atoms with Crippen LogP contribution >= 0.6 is 0 Å². The average molecular weight is 251 g/mol. The molecule has 1 aromatic rings. The molecule has 0 spiro atoms. The number of benzene rings is 1. The molecule has 0 radical (unpaired) electrons. The van der Waals surface area contributed by atoms with Crippen LogP contribution in [0.5, 0.6) is 5.75 Å². The Hall–Kier alpha value is -1.06. The maximum Gasteiger partial charge on any atom is 0.123 e. The molecule has 0 aliphatic heterocycles. The third-order valence-corrected chi connectivity index (χ3v) is 3.10. The highest BCUT2D eigenvalue weighted by molar-refractivity contribution is 5.36. The fourth-order valence-corrected chi connectivity index (χ4v) is 1.69. The van der Waals surface area contributed by atoms with Gasteiger partial charge in [0.15, 0.2) is 0 Å². The Labute approximate surface area is 110 Å². The van der Waals surface area contributed by atoms with Crippen molar-refractivity contribution in [2.24, 2.45) is 0 Å². The molecule has 0 heterocycles. The van der Waals surface area contributed by atoms with Gasteiger partial charge in [0.05, 0.1) is 12.2 Å². The minimum atomic E-state index is -0.131. The number of nitrogens with one attached hydrogen (secondary N) is 1. The highest BCUT2D eigenvalue weighted by atomic mass is 16.5. The molecule has 0 bridgehead atoms. The number of hydrogen-bond donors (Lipinski definition) is 1. The number of ether oxygens (including phenoxy) is 2. The molecular formula is C15H25NO2. The van der Waals surface area contributed by atoms with Gasteiger partial charge in [-0.3, -0.25) is 0 Å². The third-order valence-electron chi connectivity index (χ3n) is 3.10. The minimum Gasteiger partial charge on any atom is -0.493 e. The van der Waals surface area contributed by atoms with Crippen molar-refractivity contribution in [1.29, 1.82) is 0 Å². The molecule has 0 saturated heterocycles. The first-order valence-electron chi connectivity index (χ1n) is 6.40. The highest BCUT2D eigenvalue weighted by Gasteiger charge is 2.16. The van der Waals surface area contributed by atoms with E-state index in [4.69, 9.17) is 9.47 Å². The number of hydrogen-bond acceptors (Lipinski definition) is 3. The average Bonchev–Trinajstić information content (AvgIpc) is 2.32. The molecule has 0 unspecified atom stereocenters. The molecule has 0 saturated carbocycles. The first-order valence-corrected chi connectivity index (χ1v) is 6.40. The van der Waals surface area contributed by atoms with E-state index in [1.54, 1.807) is 7.11 Å². The Morgan fingerprint density at radius 2 is 2.00 bits per heavy atom. The topological polar surface area (TPSA) is 30.5 Å². The van der Waals surface area contributed by atoms with E-state index in [9.17, 15) is 0 Å². The number of rotatable bonds is 7. The van der Waals surface area contributed by atoms with E-state index in [-0.39, 0.29) is 5.60 Å². The number of methoxy groups -OCH3 is 1. The van der Waals surface area contributed by atoms with Crippen LogP contribution in [-0.2, 0) is 11.3 Å². The van der Waals surface area contributed by atoms with Crippen molar-refractivity contribution in [3.63, 3.8) is 0 Å².